The van der Waals surface area contributed by atoms with Crippen molar-refractivity contribution in [1.82, 2.24) is 4.90 Å². The molecular formula is C23H31NO7. The van der Waals surface area contributed by atoms with Crippen molar-refractivity contribution in [3.8, 4) is 5.75 Å². The Balaban J connectivity index is 1.45. The van der Waals surface area contributed by atoms with E-state index in [2.05, 4.69) is 18.0 Å². The number of aliphatic carboxylic acids is 1. The van der Waals surface area contributed by atoms with E-state index in [9.17, 15) is 25.2 Å². The predicted molar refractivity (Wildman–Crippen MR) is 110 cm³/mol. The third-order valence-corrected chi connectivity index (χ3v) is 8.15. The fraction of sp³-hybridized carbons (Fsp3) is 0.696. The van der Waals surface area contributed by atoms with E-state index in [1.807, 2.05) is 12.1 Å². The van der Waals surface area contributed by atoms with E-state index in [0.717, 1.165) is 25.8 Å². The highest BCUT2D eigenvalue weighted by molar-refractivity contribution is 5.73. The SMILES string of the molecule is CN1CC[C@@]23CCCCC2[C@@H]1Cc1ccc(OC2OC(C(=O)O)C(O)C(O)C2O)cc13. The smallest absolute Gasteiger partial charge is 0.335 e. The summed E-state index contributed by atoms with van der Waals surface area (Å²) in [5.41, 5.74) is 2.76. The molecule has 0 spiro atoms. The van der Waals surface area contributed by atoms with Gasteiger partial charge in [-0.15, -0.1) is 0 Å². The van der Waals surface area contributed by atoms with Crippen LogP contribution in [0.5, 0.6) is 5.75 Å². The Kier molecular flexibility index (Phi) is 5.26. The molecule has 0 radical (unpaired) electrons. The van der Waals surface area contributed by atoms with Gasteiger partial charge in [-0.3, -0.25) is 0 Å². The minimum atomic E-state index is -1.73. The lowest BCUT2D eigenvalue weighted by atomic mass is 9.52. The monoisotopic (exact) mass is 433 g/mol. The fourth-order valence-corrected chi connectivity index (χ4v) is 6.53. The lowest BCUT2D eigenvalue weighted by Gasteiger charge is -2.58. The molecule has 2 aliphatic carbocycles. The maximum Gasteiger partial charge on any atom is 0.335 e. The molecule has 1 aromatic rings. The normalized spacial score (nSPS) is 42.4. The summed E-state index contributed by atoms with van der Waals surface area (Å²) in [6.45, 7) is 1.07. The molecule has 0 aromatic heterocycles. The van der Waals surface area contributed by atoms with Crippen molar-refractivity contribution < 1.29 is 34.7 Å². The molecule has 2 aliphatic heterocycles. The molecule has 4 aliphatic rings. The number of nitrogens with zero attached hydrogens (tertiary/aromatic N) is 1. The van der Waals surface area contributed by atoms with Crippen LogP contribution in [0.15, 0.2) is 18.2 Å². The van der Waals surface area contributed by atoms with Crippen LogP contribution in [0.1, 0.15) is 43.2 Å². The number of carboxylic acid groups (broad SMARTS) is 1. The zero-order chi connectivity index (χ0) is 21.9. The molecule has 5 rings (SSSR count). The first-order valence-electron chi connectivity index (χ1n) is 11.2. The van der Waals surface area contributed by atoms with Gasteiger partial charge < -0.3 is 34.8 Å². The molecule has 6 unspecified atom stereocenters. The van der Waals surface area contributed by atoms with E-state index < -0.39 is 36.7 Å². The number of likely N-dealkylation sites (tertiary alicyclic amines) is 1. The van der Waals surface area contributed by atoms with E-state index in [-0.39, 0.29) is 5.41 Å². The molecular weight excluding hydrogens is 402 g/mol. The van der Waals surface area contributed by atoms with Crippen LogP contribution in [0.2, 0.25) is 0 Å². The molecule has 8 nitrogen and oxygen atoms in total. The van der Waals surface area contributed by atoms with Crippen LogP contribution in [0.3, 0.4) is 0 Å². The number of fused-ring (bicyclic) bond motifs is 1. The number of aliphatic hydroxyl groups excluding tert-OH is 3. The maximum atomic E-state index is 11.4. The number of hydrogen-bond acceptors (Lipinski definition) is 7. The van der Waals surface area contributed by atoms with Gasteiger partial charge in [0.15, 0.2) is 6.10 Å². The Morgan fingerprint density at radius 1 is 1.16 bits per heavy atom. The van der Waals surface area contributed by atoms with E-state index >= 15 is 0 Å². The standard InChI is InChI=1S/C23H31NO7/c1-24-9-8-23-7-3-2-4-14(23)16(24)10-12-5-6-13(11-15(12)23)30-22-19(27)17(25)18(26)20(31-22)21(28)29/h5-6,11,14,16-20,22,25-27H,2-4,7-10H2,1H3,(H,28,29)/t14?,16-,17?,18?,19?,20?,22?,23-/m0/s1. The lowest BCUT2D eigenvalue weighted by molar-refractivity contribution is -0.271. The number of hydrogen-bond donors (Lipinski definition) is 4. The number of rotatable bonds is 3. The van der Waals surface area contributed by atoms with Gasteiger partial charge in [0, 0.05) is 11.5 Å². The van der Waals surface area contributed by atoms with Crippen LogP contribution >= 0.6 is 0 Å². The number of aliphatic hydroxyl groups is 3. The molecule has 8 heteroatoms. The quantitative estimate of drug-likeness (QED) is 0.549. The van der Waals surface area contributed by atoms with Crippen LogP contribution in [0, 0.1) is 5.92 Å². The summed E-state index contributed by atoms with van der Waals surface area (Å²) in [7, 11) is 2.23. The van der Waals surface area contributed by atoms with Crippen molar-refractivity contribution in [1.29, 1.82) is 0 Å². The fourth-order valence-electron chi connectivity index (χ4n) is 6.53. The van der Waals surface area contributed by atoms with Crippen molar-refractivity contribution in [2.45, 2.75) is 80.7 Å². The maximum absolute atomic E-state index is 11.4. The van der Waals surface area contributed by atoms with Crippen LogP contribution < -0.4 is 4.74 Å². The molecule has 4 N–H and O–H groups in total. The zero-order valence-corrected chi connectivity index (χ0v) is 17.7. The Labute approximate surface area is 181 Å². The second-order valence-electron chi connectivity index (χ2n) is 9.68. The Morgan fingerprint density at radius 3 is 2.74 bits per heavy atom. The minimum Gasteiger partial charge on any atom is -0.479 e. The topological polar surface area (TPSA) is 120 Å². The van der Waals surface area contributed by atoms with Crippen LogP contribution in [-0.4, -0.2) is 81.6 Å². The van der Waals surface area contributed by atoms with Gasteiger partial charge in [0.05, 0.1) is 0 Å². The van der Waals surface area contributed by atoms with Crippen LogP contribution in [-0.2, 0) is 21.4 Å². The first-order chi connectivity index (χ1) is 14.8. The van der Waals surface area contributed by atoms with Gasteiger partial charge in [-0.1, -0.05) is 18.9 Å². The predicted octanol–water partition coefficient (Wildman–Crippen LogP) is 0.646. The number of benzene rings is 1. The molecule has 170 valence electrons. The molecule has 2 saturated heterocycles. The number of carboxylic acids is 1. The van der Waals surface area contributed by atoms with Gasteiger partial charge in [-0.2, -0.15) is 0 Å². The van der Waals surface area contributed by atoms with Gasteiger partial charge in [-0.25, -0.2) is 4.79 Å². The largest absolute Gasteiger partial charge is 0.479 e. The summed E-state index contributed by atoms with van der Waals surface area (Å²) in [5.74, 6) is -0.321. The summed E-state index contributed by atoms with van der Waals surface area (Å²) in [5, 5.41) is 39.5. The van der Waals surface area contributed by atoms with E-state index in [0.29, 0.717) is 17.7 Å². The summed E-state index contributed by atoms with van der Waals surface area (Å²) in [6.07, 6.45) is -1.03. The van der Waals surface area contributed by atoms with Gasteiger partial charge in [0.1, 0.15) is 24.1 Å². The first kappa shape index (κ1) is 21.2. The van der Waals surface area contributed by atoms with Crippen LogP contribution in [0.25, 0.3) is 0 Å². The molecule has 0 amide bonds. The molecule has 1 saturated carbocycles. The summed E-state index contributed by atoms with van der Waals surface area (Å²) >= 11 is 0. The minimum absolute atomic E-state index is 0.133. The zero-order valence-electron chi connectivity index (χ0n) is 17.7. The Bertz CT molecular complexity index is 862. The number of ether oxygens (including phenoxy) is 2. The van der Waals surface area contributed by atoms with Crippen molar-refractivity contribution in [3.05, 3.63) is 29.3 Å². The first-order valence-corrected chi connectivity index (χ1v) is 11.2. The number of likely N-dealkylation sites (N-methyl/N-ethyl adjacent to an activating group) is 1. The second kappa shape index (κ2) is 7.71. The van der Waals surface area contributed by atoms with Crippen molar-refractivity contribution in [3.63, 3.8) is 0 Å². The number of carbonyl (C=O) groups is 1. The third-order valence-electron chi connectivity index (χ3n) is 8.15. The molecule has 2 heterocycles. The lowest BCUT2D eigenvalue weighted by Crippen LogP contribution is -2.61. The highest BCUT2D eigenvalue weighted by Crippen LogP contribution is 2.56. The Hall–Kier alpha value is -1.71. The second-order valence-corrected chi connectivity index (χ2v) is 9.68. The van der Waals surface area contributed by atoms with Gasteiger partial charge in [0.25, 0.3) is 0 Å². The summed E-state index contributed by atoms with van der Waals surface area (Å²) in [6, 6.07) is 6.47. The molecule has 31 heavy (non-hydrogen) atoms. The van der Waals surface area contributed by atoms with Gasteiger partial charge in [-0.05, 0) is 68.5 Å². The average Bonchev–Trinajstić information content (AvgIpc) is 2.76. The summed E-state index contributed by atoms with van der Waals surface area (Å²) < 4.78 is 11.2. The highest BCUT2D eigenvalue weighted by atomic mass is 16.7. The van der Waals surface area contributed by atoms with E-state index in [1.165, 1.54) is 30.4 Å². The molecule has 2 bridgehead atoms. The van der Waals surface area contributed by atoms with Crippen molar-refractivity contribution >= 4 is 5.97 Å². The van der Waals surface area contributed by atoms with Crippen molar-refractivity contribution in [2.75, 3.05) is 13.6 Å². The van der Waals surface area contributed by atoms with Crippen molar-refractivity contribution in [2.24, 2.45) is 5.92 Å². The molecule has 1 aromatic carbocycles. The Morgan fingerprint density at radius 2 is 1.97 bits per heavy atom. The highest BCUT2D eigenvalue weighted by Gasteiger charge is 2.53. The average molecular weight is 434 g/mol. The molecule has 3 fully saturated rings. The van der Waals surface area contributed by atoms with Gasteiger partial charge in [0.2, 0.25) is 6.29 Å². The molecule has 8 atom stereocenters. The van der Waals surface area contributed by atoms with Gasteiger partial charge >= 0.3 is 5.97 Å². The number of piperidine rings is 1. The van der Waals surface area contributed by atoms with E-state index in [1.54, 1.807) is 0 Å². The van der Waals surface area contributed by atoms with E-state index in [4.69, 9.17) is 9.47 Å². The third kappa shape index (κ3) is 3.27. The summed E-state index contributed by atoms with van der Waals surface area (Å²) in [4.78, 5) is 13.9. The van der Waals surface area contributed by atoms with Crippen LogP contribution in [0.4, 0.5) is 0 Å².